The highest BCUT2D eigenvalue weighted by molar-refractivity contribution is 4.80. The number of ether oxygens (including phenoxy) is 1. The minimum Gasteiger partial charge on any atom is -0.382 e. The summed E-state index contributed by atoms with van der Waals surface area (Å²) in [7, 11) is 0. The topological polar surface area (TPSA) is 9.23 Å². The molecule has 0 spiro atoms. The third-order valence-corrected chi connectivity index (χ3v) is 2.75. The molecule has 0 aromatic carbocycles. The molecule has 0 aliphatic carbocycles. The van der Waals surface area contributed by atoms with Crippen LogP contribution >= 0.6 is 0 Å². The van der Waals surface area contributed by atoms with Crippen LogP contribution < -0.4 is 0 Å². The molecule has 0 saturated heterocycles. The summed E-state index contributed by atoms with van der Waals surface area (Å²) in [6.07, 6.45) is 16.6. The smallest absolute Gasteiger partial charge is 0.0465 e. The van der Waals surface area contributed by atoms with Crippen molar-refractivity contribution in [1.29, 1.82) is 0 Å². The molecule has 1 nitrogen and oxygen atoms in total. The van der Waals surface area contributed by atoms with Crippen molar-refractivity contribution in [2.24, 2.45) is 0 Å². The molecule has 0 heterocycles. The van der Waals surface area contributed by atoms with E-state index in [1.807, 2.05) is 0 Å². The van der Waals surface area contributed by atoms with Gasteiger partial charge in [-0.15, -0.1) is 0 Å². The largest absolute Gasteiger partial charge is 0.382 e. The molecule has 0 N–H and O–H groups in total. The van der Waals surface area contributed by atoms with E-state index in [1.54, 1.807) is 0 Å². The first-order valence-electron chi connectivity index (χ1n) is 7.14. The summed E-state index contributed by atoms with van der Waals surface area (Å²) in [6.45, 7) is 6.12. The van der Waals surface area contributed by atoms with Crippen LogP contribution in [-0.2, 0) is 4.74 Å². The first kappa shape index (κ1) is 15.7. The molecule has 16 heavy (non-hydrogen) atoms. The van der Waals surface area contributed by atoms with Gasteiger partial charge in [0.25, 0.3) is 0 Å². The van der Waals surface area contributed by atoms with Crippen LogP contribution in [0.5, 0.6) is 0 Å². The van der Waals surface area contributed by atoms with Crippen LogP contribution in [0.3, 0.4) is 0 Å². The molecule has 96 valence electrons. The van der Waals surface area contributed by atoms with Crippen molar-refractivity contribution in [3.63, 3.8) is 0 Å². The highest BCUT2D eigenvalue weighted by Crippen LogP contribution is 2.06. The Morgan fingerprint density at radius 1 is 0.750 bits per heavy atom. The van der Waals surface area contributed by atoms with Gasteiger partial charge >= 0.3 is 0 Å². The maximum absolute atomic E-state index is 5.30. The Morgan fingerprint density at radius 3 is 2.06 bits per heavy atom. The highest BCUT2D eigenvalue weighted by Gasteiger charge is 1.90. The lowest BCUT2D eigenvalue weighted by molar-refractivity contribution is 0.143. The molecule has 0 unspecified atom stereocenters. The summed E-state index contributed by atoms with van der Waals surface area (Å²) in [6, 6.07) is 0. The average Bonchev–Trinajstić information content (AvgIpc) is 2.31. The number of rotatable bonds is 12. The van der Waals surface area contributed by atoms with Crippen molar-refractivity contribution in [3.05, 3.63) is 12.2 Å². The van der Waals surface area contributed by atoms with E-state index in [0.29, 0.717) is 0 Å². The van der Waals surface area contributed by atoms with Gasteiger partial charge in [-0.25, -0.2) is 0 Å². The number of allylic oxidation sites excluding steroid dienone is 2. The minimum absolute atomic E-state index is 0.864. The molecular formula is C15H30O. The molecule has 0 aliphatic heterocycles. The lowest BCUT2D eigenvalue weighted by atomic mass is 10.1. The lowest BCUT2D eigenvalue weighted by Crippen LogP contribution is -1.92. The van der Waals surface area contributed by atoms with E-state index < -0.39 is 0 Å². The third kappa shape index (κ3) is 13.7. The fourth-order valence-corrected chi connectivity index (χ4v) is 1.70. The second-order valence-corrected chi connectivity index (χ2v) is 4.37. The molecule has 1 heteroatoms. The molecule has 0 amide bonds. The Hall–Kier alpha value is -0.300. The standard InChI is InChI=1S/C15H30O/c1-3-5-6-7-8-9-10-11-12-13-14-15-16-4-2/h7-8H,3-6,9-15H2,1-2H3/b8-7-. The van der Waals surface area contributed by atoms with E-state index in [0.717, 1.165) is 13.2 Å². The molecular weight excluding hydrogens is 196 g/mol. The second kappa shape index (κ2) is 14.7. The quantitative estimate of drug-likeness (QED) is 0.332. The monoisotopic (exact) mass is 226 g/mol. The van der Waals surface area contributed by atoms with Crippen molar-refractivity contribution >= 4 is 0 Å². The van der Waals surface area contributed by atoms with Gasteiger partial charge in [-0.05, 0) is 32.6 Å². The minimum atomic E-state index is 0.864. The molecule has 0 bridgehead atoms. The summed E-state index contributed by atoms with van der Waals surface area (Å²) in [4.78, 5) is 0. The summed E-state index contributed by atoms with van der Waals surface area (Å²) in [5.41, 5.74) is 0. The Morgan fingerprint density at radius 2 is 1.38 bits per heavy atom. The molecule has 0 radical (unpaired) electrons. The van der Waals surface area contributed by atoms with Gasteiger partial charge in [0.2, 0.25) is 0 Å². The Balaban J connectivity index is 2.95. The zero-order chi connectivity index (χ0) is 11.9. The lowest BCUT2D eigenvalue weighted by Gasteiger charge is -2.00. The Labute approximate surface area is 102 Å². The Kier molecular flexibility index (Phi) is 14.4. The Bertz CT molecular complexity index is 140. The van der Waals surface area contributed by atoms with Gasteiger partial charge in [0, 0.05) is 13.2 Å². The van der Waals surface area contributed by atoms with Gasteiger partial charge < -0.3 is 4.74 Å². The first-order valence-corrected chi connectivity index (χ1v) is 7.14. The SMILES string of the molecule is CCCC/C=C\CCCCCCCOCC. The van der Waals surface area contributed by atoms with Crippen molar-refractivity contribution in [2.75, 3.05) is 13.2 Å². The fourth-order valence-electron chi connectivity index (χ4n) is 1.70. The van der Waals surface area contributed by atoms with E-state index in [-0.39, 0.29) is 0 Å². The van der Waals surface area contributed by atoms with Crippen molar-refractivity contribution in [2.45, 2.75) is 71.6 Å². The summed E-state index contributed by atoms with van der Waals surface area (Å²) >= 11 is 0. The predicted octanol–water partition coefficient (Wildman–Crippen LogP) is 5.11. The fraction of sp³-hybridized carbons (Fsp3) is 0.867. The molecule has 0 aromatic heterocycles. The van der Waals surface area contributed by atoms with Gasteiger partial charge in [-0.2, -0.15) is 0 Å². The first-order chi connectivity index (χ1) is 7.91. The zero-order valence-electron chi connectivity index (χ0n) is 11.3. The van der Waals surface area contributed by atoms with Gasteiger partial charge in [0.1, 0.15) is 0 Å². The zero-order valence-corrected chi connectivity index (χ0v) is 11.3. The molecule has 0 aliphatic rings. The van der Waals surface area contributed by atoms with Crippen LogP contribution in [0.4, 0.5) is 0 Å². The molecule has 0 saturated carbocycles. The molecule has 0 atom stereocenters. The van der Waals surface area contributed by atoms with Crippen molar-refractivity contribution in [3.8, 4) is 0 Å². The molecule has 0 rings (SSSR count). The van der Waals surface area contributed by atoms with Gasteiger partial charge in [0.15, 0.2) is 0 Å². The second-order valence-electron chi connectivity index (χ2n) is 4.37. The number of hydrogen-bond donors (Lipinski definition) is 0. The van der Waals surface area contributed by atoms with Gasteiger partial charge in [0.05, 0.1) is 0 Å². The normalized spacial score (nSPS) is 11.4. The van der Waals surface area contributed by atoms with Crippen LogP contribution in [0, 0.1) is 0 Å². The van der Waals surface area contributed by atoms with E-state index in [9.17, 15) is 0 Å². The third-order valence-electron chi connectivity index (χ3n) is 2.75. The van der Waals surface area contributed by atoms with Crippen LogP contribution in [0.25, 0.3) is 0 Å². The van der Waals surface area contributed by atoms with Crippen molar-refractivity contribution < 1.29 is 4.74 Å². The summed E-state index contributed by atoms with van der Waals surface area (Å²) in [5, 5.41) is 0. The van der Waals surface area contributed by atoms with E-state index in [2.05, 4.69) is 26.0 Å². The van der Waals surface area contributed by atoms with Crippen molar-refractivity contribution in [1.82, 2.24) is 0 Å². The van der Waals surface area contributed by atoms with Crippen LogP contribution in [0.15, 0.2) is 12.2 Å². The van der Waals surface area contributed by atoms with E-state index in [4.69, 9.17) is 4.74 Å². The van der Waals surface area contributed by atoms with Crippen LogP contribution in [-0.4, -0.2) is 13.2 Å². The van der Waals surface area contributed by atoms with Crippen LogP contribution in [0.1, 0.15) is 71.6 Å². The van der Waals surface area contributed by atoms with E-state index >= 15 is 0 Å². The van der Waals surface area contributed by atoms with E-state index in [1.165, 1.54) is 57.8 Å². The van der Waals surface area contributed by atoms with Crippen LogP contribution in [0.2, 0.25) is 0 Å². The summed E-state index contributed by atoms with van der Waals surface area (Å²) < 4.78 is 5.30. The van der Waals surface area contributed by atoms with Gasteiger partial charge in [-0.1, -0.05) is 51.2 Å². The predicted molar refractivity (Wildman–Crippen MR) is 72.9 cm³/mol. The number of hydrogen-bond acceptors (Lipinski definition) is 1. The maximum Gasteiger partial charge on any atom is 0.0465 e. The summed E-state index contributed by atoms with van der Waals surface area (Å²) in [5.74, 6) is 0. The van der Waals surface area contributed by atoms with Gasteiger partial charge in [-0.3, -0.25) is 0 Å². The maximum atomic E-state index is 5.30. The molecule has 0 fully saturated rings. The highest BCUT2D eigenvalue weighted by atomic mass is 16.5. The molecule has 0 aromatic rings. The number of unbranched alkanes of at least 4 members (excludes halogenated alkanes) is 7. The average molecular weight is 226 g/mol.